The maximum Gasteiger partial charge on any atom is 0.0363 e. The summed E-state index contributed by atoms with van der Waals surface area (Å²) in [4.78, 5) is 2.44. The van der Waals surface area contributed by atoms with Crippen molar-refractivity contribution in [3.8, 4) is 0 Å². The SMILES string of the molecule is Cc1ccc(N(C)CC2(CBr)CCCCCC2)cc1. The number of benzene rings is 1. The van der Waals surface area contributed by atoms with Crippen molar-refractivity contribution in [3.63, 3.8) is 0 Å². The molecular formula is C17H26BrN. The van der Waals surface area contributed by atoms with Gasteiger partial charge in [-0.3, -0.25) is 0 Å². The molecule has 0 aromatic heterocycles. The van der Waals surface area contributed by atoms with Gasteiger partial charge in [0.2, 0.25) is 0 Å². The molecule has 19 heavy (non-hydrogen) atoms. The summed E-state index contributed by atoms with van der Waals surface area (Å²) >= 11 is 3.79. The van der Waals surface area contributed by atoms with Crippen LogP contribution in [-0.2, 0) is 0 Å². The molecule has 0 aliphatic heterocycles. The summed E-state index contributed by atoms with van der Waals surface area (Å²) in [6, 6.07) is 8.90. The van der Waals surface area contributed by atoms with Gasteiger partial charge >= 0.3 is 0 Å². The fourth-order valence-corrected chi connectivity index (χ4v) is 3.94. The van der Waals surface area contributed by atoms with Crippen LogP contribution < -0.4 is 4.90 Å². The van der Waals surface area contributed by atoms with Crippen molar-refractivity contribution in [1.82, 2.24) is 0 Å². The van der Waals surface area contributed by atoms with Crippen LogP contribution in [0, 0.1) is 12.3 Å². The van der Waals surface area contributed by atoms with E-state index in [4.69, 9.17) is 0 Å². The third-order valence-corrected chi connectivity index (χ3v) is 5.68. The lowest BCUT2D eigenvalue weighted by Gasteiger charge is -2.36. The van der Waals surface area contributed by atoms with Crippen LogP contribution in [-0.4, -0.2) is 18.9 Å². The van der Waals surface area contributed by atoms with Crippen molar-refractivity contribution < 1.29 is 0 Å². The first-order chi connectivity index (χ1) is 9.15. The van der Waals surface area contributed by atoms with Gasteiger partial charge in [-0.25, -0.2) is 0 Å². The lowest BCUT2D eigenvalue weighted by atomic mass is 9.82. The van der Waals surface area contributed by atoms with Gasteiger partial charge < -0.3 is 4.90 Å². The normalized spacial score (nSPS) is 18.9. The molecule has 1 fully saturated rings. The Bertz CT molecular complexity index is 377. The van der Waals surface area contributed by atoms with E-state index in [0.29, 0.717) is 5.41 Å². The molecule has 0 saturated heterocycles. The molecule has 1 nitrogen and oxygen atoms in total. The van der Waals surface area contributed by atoms with Crippen molar-refractivity contribution in [2.75, 3.05) is 23.8 Å². The number of rotatable bonds is 4. The smallest absolute Gasteiger partial charge is 0.0363 e. The quantitative estimate of drug-likeness (QED) is 0.546. The van der Waals surface area contributed by atoms with Gasteiger partial charge in [0.25, 0.3) is 0 Å². The molecule has 1 aliphatic rings. The Hall–Kier alpha value is -0.500. The van der Waals surface area contributed by atoms with E-state index in [1.807, 2.05) is 0 Å². The molecule has 0 spiro atoms. The standard InChI is InChI=1S/C17H26BrN/c1-15-7-9-16(10-8-15)19(2)14-17(13-18)11-5-3-4-6-12-17/h7-10H,3-6,11-14H2,1-2H3. The Labute approximate surface area is 126 Å². The molecule has 0 atom stereocenters. The minimum atomic E-state index is 0.468. The van der Waals surface area contributed by atoms with Gasteiger partial charge in [-0.05, 0) is 37.3 Å². The third-order valence-electron chi connectivity index (χ3n) is 4.50. The second-order valence-electron chi connectivity index (χ2n) is 6.24. The number of aryl methyl sites for hydroxylation is 1. The highest BCUT2D eigenvalue weighted by molar-refractivity contribution is 9.09. The molecule has 0 heterocycles. The van der Waals surface area contributed by atoms with Crippen LogP contribution in [0.3, 0.4) is 0 Å². The largest absolute Gasteiger partial charge is 0.374 e. The maximum absolute atomic E-state index is 3.79. The zero-order valence-electron chi connectivity index (χ0n) is 12.3. The van der Waals surface area contributed by atoms with Crippen LogP contribution in [0.5, 0.6) is 0 Å². The molecule has 1 aromatic carbocycles. The summed E-state index contributed by atoms with van der Waals surface area (Å²) in [5.74, 6) is 0. The fraction of sp³-hybridized carbons (Fsp3) is 0.647. The molecule has 0 amide bonds. The molecule has 0 radical (unpaired) electrons. The zero-order chi connectivity index (χ0) is 13.7. The van der Waals surface area contributed by atoms with Gasteiger partial charge in [-0.2, -0.15) is 0 Å². The number of hydrogen-bond acceptors (Lipinski definition) is 1. The van der Waals surface area contributed by atoms with Crippen LogP contribution in [0.4, 0.5) is 5.69 Å². The van der Waals surface area contributed by atoms with Crippen molar-refractivity contribution in [2.24, 2.45) is 5.41 Å². The Morgan fingerprint density at radius 2 is 1.63 bits per heavy atom. The Morgan fingerprint density at radius 3 is 2.16 bits per heavy atom. The van der Waals surface area contributed by atoms with Crippen LogP contribution in [0.25, 0.3) is 0 Å². The summed E-state index contributed by atoms with van der Waals surface area (Å²) in [6.45, 7) is 3.32. The van der Waals surface area contributed by atoms with Gasteiger partial charge in [-0.1, -0.05) is 59.3 Å². The van der Waals surface area contributed by atoms with E-state index in [1.54, 1.807) is 0 Å². The molecule has 1 aromatic rings. The number of anilines is 1. The molecular weight excluding hydrogens is 298 g/mol. The van der Waals surface area contributed by atoms with E-state index in [1.165, 1.54) is 56.3 Å². The predicted molar refractivity (Wildman–Crippen MR) is 88.4 cm³/mol. The van der Waals surface area contributed by atoms with E-state index >= 15 is 0 Å². The number of nitrogens with zero attached hydrogens (tertiary/aromatic N) is 1. The van der Waals surface area contributed by atoms with Crippen molar-refractivity contribution in [1.29, 1.82) is 0 Å². The Morgan fingerprint density at radius 1 is 1.05 bits per heavy atom. The summed E-state index contributed by atoms with van der Waals surface area (Å²) in [6.07, 6.45) is 8.37. The van der Waals surface area contributed by atoms with Crippen molar-refractivity contribution in [3.05, 3.63) is 29.8 Å². The number of alkyl halides is 1. The topological polar surface area (TPSA) is 3.24 Å². The number of hydrogen-bond donors (Lipinski definition) is 0. The summed E-state index contributed by atoms with van der Waals surface area (Å²) in [7, 11) is 2.24. The maximum atomic E-state index is 3.79. The minimum Gasteiger partial charge on any atom is -0.374 e. The predicted octanol–water partition coefficient (Wildman–Crippen LogP) is 5.17. The average molecular weight is 324 g/mol. The lowest BCUT2D eigenvalue weighted by molar-refractivity contribution is 0.295. The van der Waals surface area contributed by atoms with Crippen molar-refractivity contribution >= 4 is 21.6 Å². The first-order valence-corrected chi connectivity index (χ1v) is 8.61. The van der Waals surface area contributed by atoms with E-state index in [0.717, 1.165) is 5.33 Å². The van der Waals surface area contributed by atoms with E-state index in [9.17, 15) is 0 Å². The van der Waals surface area contributed by atoms with Gasteiger partial charge in [0.05, 0.1) is 0 Å². The molecule has 0 unspecified atom stereocenters. The first kappa shape index (κ1) is 14.9. The molecule has 2 rings (SSSR count). The second kappa shape index (κ2) is 6.78. The van der Waals surface area contributed by atoms with E-state index < -0.39 is 0 Å². The molecule has 2 heteroatoms. The molecule has 1 aliphatic carbocycles. The molecule has 106 valence electrons. The Kier molecular flexibility index (Phi) is 5.32. The highest BCUT2D eigenvalue weighted by Crippen LogP contribution is 2.38. The van der Waals surface area contributed by atoms with Crippen LogP contribution in [0.15, 0.2) is 24.3 Å². The van der Waals surface area contributed by atoms with Gasteiger partial charge in [0, 0.05) is 24.6 Å². The van der Waals surface area contributed by atoms with Crippen molar-refractivity contribution in [2.45, 2.75) is 45.4 Å². The van der Waals surface area contributed by atoms with Gasteiger partial charge in [0.1, 0.15) is 0 Å². The molecule has 0 bridgehead atoms. The third kappa shape index (κ3) is 3.98. The summed E-state index contributed by atoms with van der Waals surface area (Å²) in [5, 5.41) is 1.14. The van der Waals surface area contributed by atoms with Crippen LogP contribution in [0.2, 0.25) is 0 Å². The minimum absolute atomic E-state index is 0.468. The van der Waals surface area contributed by atoms with Gasteiger partial charge in [-0.15, -0.1) is 0 Å². The highest BCUT2D eigenvalue weighted by atomic mass is 79.9. The average Bonchev–Trinajstić information content (AvgIpc) is 2.65. The van der Waals surface area contributed by atoms with Crippen LogP contribution in [0.1, 0.15) is 44.1 Å². The zero-order valence-corrected chi connectivity index (χ0v) is 13.9. The lowest BCUT2D eigenvalue weighted by Crippen LogP contribution is -2.36. The van der Waals surface area contributed by atoms with Crippen LogP contribution >= 0.6 is 15.9 Å². The molecule has 0 N–H and O–H groups in total. The van der Waals surface area contributed by atoms with E-state index in [2.05, 4.69) is 59.1 Å². The Balaban J connectivity index is 2.06. The summed E-state index contributed by atoms with van der Waals surface area (Å²) < 4.78 is 0. The summed E-state index contributed by atoms with van der Waals surface area (Å²) in [5.41, 5.74) is 3.15. The first-order valence-electron chi connectivity index (χ1n) is 7.49. The second-order valence-corrected chi connectivity index (χ2v) is 6.80. The highest BCUT2D eigenvalue weighted by Gasteiger charge is 2.31. The van der Waals surface area contributed by atoms with Gasteiger partial charge in [0.15, 0.2) is 0 Å². The fourth-order valence-electron chi connectivity index (χ4n) is 3.21. The van der Waals surface area contributed by atoms with E-state index in [-0.39, 0.29) is 0 Å². The monoisotopic (exact) mass is 323 g/mol. The number of halogens is 1. The molecule has 1 saturated carbocycles.